The summed E-state index contributed by atoms with van der Waals surface area (Å²) < 4.78 is 4.51. The summed E-state index contributed by atoms with van der Waals surface area (Å²) in [5.41, 5.74) is 0. The largest absolute Gasteiger partial charge is 0.452 e. The average Bonchev–Trinajstić information content (AvgIpc) is 2.04. The van der Waals surface area contributed by atoms with Crippen molar-refractivity contribution in [3.05, 3.63) is 0 Å². The summed E-state index contributed by atoms with van der Waals surface area (Å²) in [5, 5.41) is 7.40. The monoisotopic (exact) mass is 156 g/mol. The van der Waals surface area contributed by atoms with E-state index in [1.54, 1.807) is 0 Å². The van der Waals surface area contributed by atoms with Crippen molar-refractivity contribution in [2.24, 2.45) is 0 Å². The molecule has 0 radical (unpaired) electrons. The van der Waals surface area contributed by atoms with Gasteiger partial charge in [0.1, 0.15) is 5.84 Å². The number of likely N-dealkylation sites (tertiary alicyclic amines) is 1. The molecular weight excluding hydrogens is 144 g/mol. The summed E-state index contributed by atoms with van der Waals surface area (Å²) in [7, 11) is 1.34. The van der Waals surface area contributed by atoms with Crippen LogP contribution >= 0.6 is 0 Å². The minimum atomic E-state index is -0.408. The fourth-order valence-corrected chi connectivity index (χ4v) is 1.14. The van der Waals surface area contributed by atoms with E-state index in [1.165, 1.54) is 12.0 Å². The molecule has 1 amide bonds. The zero-order valence-corrected chi connectivity index (χ0v) is 6.59. The predicted molar refractivity (Wildman–Crippen MR) is 40.7 cm³/mol. The number of hydrogen-bond acceptors (Lipinski definition) is 3. The lowest BCUT2D eigenvalue weighted by Gasteiger charge is -2.25. The van der Waals surface area contributed by atoms with E-state index in [-0.39, 0.29) is 0 Å². The molecule has 1 fully saturated rings. The van der Waals surface area contributed by atoms with E-state index in [9.17, 15) is 4.79 Å². The number of hydrogen-bond donors (Lipinski definition) is 1. The van der Waals surface area contributed by atoms with E-state index in [4.69, 9.17) is 5.41 Å². The molecule has 0 atom stereocenters. The van der Waals surface area contributed by atoms with Crippen molar-refractivity contribution in [3.63, 3.8) is 0 Å². The average molecular weight is 156 g/mol. The highest BCUT2D eigenvalue weighted by atomic mass is 16.5. The van der Waals surface area contributed by atoms with Gasteiger partial charge >= 0.3 is 6.09 Å². The number of carbonyl (C=O) groups excluding carboxylic acids is 1. The number of methoxy groups -OCH3 is 1. The van der Waals surface area contributed by atoms with Crippen LogP contribution in [-0.2, 0) is 4.74 Å². The molecular formula is C7H12N2O2. The number of amides is 1. The predicted octanol–water partition coefficient (Wildman–Crippen LogP) is 1.22. The summed E-state index contributed by atoms with van der Waals surface area (Å²) in [4.78, 5) is 12.3. The molecule has 0 aromatic carbocycles. The van der Waals surface area contributed by atoms with E-state index in [2.05, 4.69) is 4.74 Å². The molecule has 11 heavy (non-hydrogen) atoms. The van der Waals surface area contributed by atoms with Crippen molar-refractivity contribution in [3.8, 4) is 0 Å². The second-order valence-corrected chi connectivity index (χ2v) is 2.53. The molecule has 0 spiro atoms. The molecule has 0 bridgehead atoms. The molecule has 4 heteroatoms. The van der Waals surface area contributed by atoms with Gasteiger partial charge in [-0.3, -0.25) is 10.3 Å². The number of carbonyl (C=O) groups is 1. The fourth-order valence-electron chi connectivity index (χ4n) is 1.14. The summed E-state index contributed by atoms with van der Waals surface area (Å²) >= 11 is 0. The van der Waals surface area contributed by atoms with E-state index < -0.39 is 6.09 Å². The first-order valence-electron chi connectivity index (χ1n) is 3.68. The van der Waals surface area contributed by atoms with Crippen LogP contribution in [0.25, 0.3) is 0 Å². The number of piperidine rings is 1. The van der Waals surface area contributed by atoms with Gasteiger partial charge in [0, 0.05) is 13.0 Å². The minimum absolute atomic E-state index is 0.378. The van der Waals surface area contributed by atoms with Gasteiger partial charge in [-0.05, 0) is 12.8 Å². The van der Waals surface area contributed by atoms with Crippen molar-refractivity contribution in [2.75, 3.05) is 13.7 Å². The second-order valence-electron chi connectivity index (χ2n) is 2.53. The normalized spacial score (nSPS) is 18.3. The Bertz CT molecular complexity index is 171. The maximum atomic E-state index is 10.9. The smallest absolute Gasteiger partial charge is 0.414 e. The molecule has 1 saturated heterocycles. The van der Waals surface area contributed by atoms with Crippen LogP contribution < -0.4 is 0 Å². The quantitative estimate of drug-likeness (QED) is 0.573. The van der Waals surface area contributed by atoms with E-state index in [0.29, 0.717) is 18.8 Å². The molecule has 0 aromatic heterocycles. The van der Waals surface area contributed by atoms with Crippen LogP contribution in [0, 0.1) is 5.41 Å². The lowest BCUT2D eigenvalue weighted by Crippen LogP contribution is -2.39. The lowest BCUT2D eigenvalue weighted by atomic mass is 10.1. The van der Waals surface area contributed by atoms with Crippen LogP contribution in [0.15, 0.2) is 0 Å². The maximum absolute atomic E-state index is 10.9. The van der Waals surface area contributed by atoms with Gasteiger partial charge in [-0.2, -0.15) is 0 Å². The molecule has 1 rings (SSSR count). The van der Waals surface area contributed by atoms with E-state index in [1.807, 2.05) is 0 Å². The summed E-state index contributed by atoms with van der Waals surface area (Å²) in [6.45, 7) is 0.630. The number of nitrogens with zero attached hydrogens (tertiary/aromatic N) is 1. The van der Waals surface area contributed by atoms with Crippen molar-refractivity contribution < 1.29 is 9.53 Å². The van der Waals surface area contributed by atoms with Gasteiger partial charge in [-0.1, -0.05) is 0 Å². The lowest BCUT2D eigenvalue weighted by molar-refractivity contribution is 0.142. The third-order valence-electron chi connectivity index (χ3n) is 1.77. The van der Waals surface area contributed by atoms with Gasteiger partial charge in [-0.25, -0.2) is 4.79 Å². The standard InChI is InChI=1S/C7H12N2O2/c1-11-7(10)9-5-3-2-4-6(9)8/h8H,2-5H2,1H3. The highest BCUT2D eigenvalue weighted by molar-refractivity contribution is 5.93. The first-order valence-corrected chi connectivity index (χ1v) is 3.68. The highest BCUT2D eigenvalue weighted by Gasteiger charge is 2.21. The zero-order chi connectivity index (χ0) is 8.27. The Labute approximate surface area is 65.6 Å². The first kappa shape index (κ1) is 8.04. The topological polar surface area (TPSA) is 53.4 Å². The number of nitrogens with one attached hydrogen (secondary N) is 1. The molecule has 0 unspecified atom stereocenters. The Hall–Kier alpha value is -1.06. The summed E-state index contributed by atoms with van der Waals surface area (Å²) in [6, 6.07) is 0. The van der Waals surface area contributed by atoms with Gasteiger partial charge in [0.05, 0.1) is 7.11 Å². The Morgan fingerprint density at radius 1 is 1.64 bits per heavy atom. The van der Waals surface area contributed by atoms with Crippen molar-refractivity contribution in [1.29, 1.82) is 5.41 Å². The number of rotatable bonds is 0. The molecule has 4 nitrogen and oxygen atoms in total. The summed E-state index contributed by atoms with van der Waals surface area (Å²) in [6.07, 6.45) is 2.26. The first-order chi connectivity index (χ1) is 5.25. The van der Waals surface area contributed by atoms with Crippen molar-refractivity contribution >= 4 is 11.9 Å². The van der Waals surface area contributed by atoms with Gasteiger partial charge in [0.25, 0.3) is 0 Å². The molecule has 0 saturated carbocycles. The van der Waals surface area contributed by atoms with Crippen LogP contribution in [0.2, 0.25) is 0 Å². The number of amidine groups is 1. The minimum Gasteiger partial charge on any atom is -0.452 e. The molecule has 62 valence electrons. The highest BCUT2D eigenvalue weighted by Crippen LogP contribution is 2.11. The maximum Gasteiger partial charge on any atom is 0.414 e. The van der Waals surface area contributed by atoms with E-state index in [0.717, 1.165) is 12.8 Å². The van der Waals surface area contributed by atoms with Crippen molar-refractivity contribution in [2.45, 2.75) is 19.3 Å². The zero-order valence-electron chi connectivity index (χ0n) is 6.59. The number of ether oxygens (including phenoxy) is 1. The molecule has 1 heterocycles. The van der Waals surface area contributed by atoms with Crippen LogP contribution in [0.5, 0.6) is 0 Å². The SMILES string of the molecule is COC(=O)N1CCCCC1=N. The van der Waals surface area contributed by atoms with Gasteiger partial charge < -0.3 is 4.74 Å². The van der Waals surface area contributed by atoms with E-state index >= 15 is 0 Å². The second kappa shape index (κ2) is 3.37. The summed E-state index contributed by atoms with van der Waals surface area (Å²) in [5.74, 6) is 0.378. The van der Waals surface area contributed by atoms with Crippen molar-refractivity contribution in [1.82, 2.24) is 4.90 Å². The molecule has 1 aliphatic heterocycles. The third-order valence-corrected chi connectivity index (χ3v) is 1.77. The van der Waals surface area contributed by atoms with Gasteiger partial charge in [-0.15, -0.1) is 0 Å². The molecule has 0 aliphatic carbocycles. The van der Waals surface area contributed by atoms with Crippen LogP contribution in [0.3, 0.4) is 0 Å². The Morgan fingerprint density at radius 2 is 2.36 bits per heavy atom. The Morgan fingerprint density at radius 3 is 2.91 bits per heavy atom. The third kappa shape index (κ3) is 1.69. The van der Waals surface area contributed by atoms with Crippen LogP contribution in [0.4, 0.5) is 4.79 Å². The molecule has 1 aliphatic rings. The van der Waals surface area contributed by atoms with Gasteiger partial charge in [0.2, 0.25) is 0 Å². The van der Waals surface area contributed by atoms with Gasteiger partial charge in [0.15, 0.2) is 0 Å². The fraction of sp³-hybridized carbons (Fsp3) is 0.714. The van der Waals surface area contributed by atoms with Crippen LogP contribution in [-0.4, -0.2) is 30.5 Å². The Balaban J connectivity index is 2.54. The van der Waals surface area contributed by atoms with Crippen LogP contribution in [0.1, 0.15) is 19.3 Å². The Kier molecular flexibility index (Phi) is 2.46. The molecule has 0 aromatic rings. The molecule has 1 N–H and O–H groups in total.